The van der Waals surface area contributed by atoms with Crippen molar-refractivity contribution >= 4 is 33.4 Å². The van der Waals surface area contributed by atoms with Crippen LogP contribution in [0, 0.1) is 0 Å². The fourth-order valence-corrected chi connectivity index (χ4v) is 5.53. The van der Waals surface area contributed by atoms with Gasteiger partial charge in [-0.05, 0) is 43.2 Å². The highest BCUT2D eigenvalue weighted by Gasteiger charge is 2.27. The minimum atomic E-state index is -3.55. The molecule has 0 aliphatic carbocycles. The molecular formula is C19H30N2O3S2. The summed E-state index contributed by atoms with van der Waals surface area (Å²) in [7, 11) is -3.55. The molecule has 0 bridgehead atoms. The maximum atomic E-state index is 13.2. The number of hydrogen-bond donors (Lipinski definition) is 0. The molecule has 0 N–H and O–H groups in total. The number of fused-ring (bicyclic) bond motifs is 1. The van der Waals surface area contributed by atoms with Gasteiger partial charge in [0.2, 0.25) is 15.9 Å². The number of hydrogen-bond acceptors (Lipinski definition) is 4. The monoisotopic (exact) mass is 398 g/mol. The van der Waals surface area contributed by atoms with Crippen molar-refractivity contribution in [2.24, 2.45) is 0 Å². The molecule has 2 rings (SSSR count). The Bertz CT molecular complexity index is 711. The van der Waals surface area contributed by atoms with Gasteiger partial charge in [0, 0.05) is 31.5 Å². The molecule has 0 aromatic heterocycles. The van der Waals surface area contributed by atoms with Crippen LogP contribution < -0.4 is 4.90 Å². The van der Waals surface area contributed by atoms with Crippen LogP contribution >= 0.6 is 11.8 Å². The lowest BCUT2D eigenvalue weighted by molar-refractivity contribution is -0.116. The van der Waals surface area contributed by atoms with Crippen LogP contribution in [0.4, 0.5) is 5.69 Å². The van der Waals surface area contributed by atoms with Gasteiger partial charge in [-0.3, -0.25) is 4.79 Å². The number of amides is 1. The predicted octanol–water partition coefficient (Wildman–Crippen LogP) is 4.13. The molecule has 0 radical (unpaired) electrons. The van der Waals surface area contributed by atoms with E-state index in [0.29, 0.717) is 19.6 Å². The summed E-state index contributed by atoms with van der Waals surface area (Å²) in [5.41, 5.74) is 0.729. The van der Waals surface area contributed by atoms with Gasteiger partial charge in [-0.25, -0.2) is 8.42 Å². The molecule has 0 unspecified atom stereocenters. The quantitative estimate of drug-likeness (QED) is 0.661. The van der Waals surface area contributed by atoms with E-state index in [0.717, 1.165) is 48.4 Å². The Balaban J connectivity index is 2.40. The number of thioether (sulfide) groups is 1. The van der Waals surface area contributed by atoms with Crippen molar-refractivity contribution in [1.29, 1.82) is 0 Å². The second kappa shape index (κ2) is 9.76. The van der Waals surface area contributed by atoms with Gasteiger partial charge in [-0.2, -0.15) is 4.31 Å². The minimum Gasteiger partial charge on any atom is -0.311 e. The Morgan fingerprint density at radius 1 is 1.19 bits per heavy atom. The van der Waals surface area contributed by atoms with Gasteiger partial charge in [0.05, 0.1) is 10.6 Å². The van der Waals surface area contributed by atoms with Gasteiger partial charge in [-0.15, -0.1) is 11.8 Å². The molecule has 26 heavy (non-hydrogen) atoms. The summed E-state index contributed by atoms with van der Waals surface area (Å²) in [6.45, 7) is 7.39. The van der Waals surface area contributed by atoms with E-state index in [1.165, 1.54) is 6.92 Å². The standard InChI is InChI=1S/C19H30N2O3S2/c1-4-6-11-20(12-7-5-2)26(23,24)17-9-10-19-18(15-17)21(16(3)22)13-8-14-25-19/h9-10,15H,4-8,11-14H2,1-3H3. The van der Waals surface area contributed by atoms with E-state index in [-0.39, 0.29) is 10.8 Å². The molecule has 1 aromatic carbocycles. The van der Waals surface area contributed by atoms with Crippen LogP contribution in [0.2, 0.25) is 0 Å². The first kappa shape index (κ1) is 21.3. The average molecular weight is 399 g/mol. The van der Waals surface area contributed by atoms with Crippen LogP contribution in [0.1, 0.15) is 52.9 Å². The molecule has 0 saturated carbocycles. The maximum Gasteiger partial charge on any atom is 0.243 e. The molecule has 7 heteroatoms. The van der Waals surface area contributed by atoms with E-state index >= 15 is 0 Å². The SMILES string of the molecule is CCCCN(CCCC)S(=O)(=O)c1ccc2c(c1)N(C(C)=O)CCCS2. The first-order chi connectivity index (χ1) is 12.4. The molecule has 0 atom stereocenters. The Kier molecular flexibility index (Phi) is 7.98. The van der Waals surface area contributed by atoms with E-state index in [2.05, 4.69) is 13.8 Å². The first-order valence-corrected chi connectivity index (χ1v) is 11.9. The lowest BCUT2D eigenvalue weighted by Crippen LogP contribution is -2.33. The van der Waals surface area contributed by atoms with Crippen LogP contribution in [0.25, 0.3) is 0 Å². The summed E-state index contributed by atoms with van der Waals surface area (Å²) in [6.07, 6.45) is 4.51. The van der Waals surface area contributed by atoms with Gasteiger partial charge in [0.25, 0.3) is 0 Å². The molecule has 0 fully saturated rings. The van der Waals surface area contributed by atoms with Gasteiger partial charge < -0.3 is 4.90 Å². The third kappa shape index (κ3) is 5.02. The van der Waals surface area contributed by atoms with Crippen molar-refractivity contribution in [3.8, 4) is 0 Å². The Hall–Kier alpha value is -1.05. The summed E-state index contributed by atoms with van der Waals surface area (Å²) >= 11 is 1.68. The van der Waals surface area contributed by atoms with Crippen molar-refractivity contribution in [2.75, 3.05) is 30.3 Å². The van der Waals surface area contributed by atoms with Crippen molar-refractivity contribution in [3.63, 3.8) is 0 Å². The smallest absolute Gasteiger partial charge is 0.243 e. The highest BCUT2D eigenvalue weighted by atomic mass is 32.2. The second-order valence-electron chi connectivity index (χ2n) is 6.61. The number of carbonyl (C=O) groups is 1. The van der Waals surface area contributed by atoms with Gasteiger partial charge >= 0.3 is 0 Å². The number of sulfonamides is 1. The summed E-state index contributed by atoms with van der Waals surface area (Å²) < 4.78 is 28.0. The molecular weight excluding hydrogens is 368 g/mol. The highest BCUT2D eigenvalue weighted by molar-refractivity contribution is 7.99. The van der Waals surface area contributed by atoms with E-state index in [1.807, 2.05) is 6.07 Å². The molecule has 5 nitrogen and oxygen atoms in total. The Morgan fingerprint density at radius 3 is 2.42 bits per heavy atom. The van der Waals surface area contributed by atoms with E-state index in [1.54, 1.807) is 33.1 Å². The molecule has 1 amide bonds. The van der Waals surface area contributed by atoms with E-state index in [4.69, 9.17) is 0 Å². The van der Waals surface area contributed by atoms with Crippen molar-refractivity contribution in [2.45, 2.75) is 62.7 Å². The van der Waals surface area contributed by atoms with Crippen molar-refractivity contribution in [3.05, 3.63) is 18.2 Å². The predicted molar refractivity (Wildman–Crippen MR) is 108 cm³/mol. The molecule has 0 spiro atoms. The van der Waals surface area contributed by atoms with Crippen molar-refractivity contribution in [1.82, 2.24) is 4.31 Å². The summed E-state index contributed by atoms with van der Waals surface area (Å²) in [6, 6.07) is 5.23. The highest BCUT2D eigenvalue weighted by Crippen LogP contribution is 2.36. The normalized spacial score (nSPS) is 15.0. The summed E-state index contributed by atoms with van der Waals surface area (Å²) in [5.74, 6) is 0.888. The largest absolute Gasteiger partial charge is 0.311 e. The lowest BCUT2D eigenvalue weighted by Gasteiger charge is -2.24. The zero-order chi connectivity index (χ0) is 19.2. The second-order valence-corrected chi connectivity index (χ2v) is 9.69. The van der Waals surface area contributed by atoms with Gasteiger partial charge in [0.15, 0.2) is 0 Å². The number of rotatable bonds is 8. The molecule has 0 saturated heterocycles. The van der Waals surface area contributed by atoms with Crippen LogP contribution in [0.5, 0.6) is 0 Å². The van der Waals surface area contributed by atoms with Crippen LogP contribution in [0.3, 0.4) is 0 Å². The fraction of sp³-hybridized carbons (Fsp3) is 0.632. The molecule has 1 aromatic rings. The van der Waals surface area contributed by atoms with Crippen LogP contribution in [-0.4, -0.2) is 44.0 Å². The number of anilines is 1. The average Bonchev–Trinajstić information content (AvgIpc) is 2.83. The lowest BCUT2D eigenvalue weighted by atomic mass is 10.2. The number of carbonyl (C=O) groups excluding carboxylic acids is 1. The van der Waals surface area contributed by atoms with E-state index < -0.39 is 10.0 Å². The topological polar surface area (TPSA) is 57.7 Å². The number of nitrogens with zero attached hydrogens (tertiary/aromatic N) is 2. The third-order valence-electron chi connectivity index (χ3n) is 4.54. The van der Waals surface area contributed by atoms with Gasteiger partial charge in [-0.1, -0.05) is 26.7 Å². The number of unbranched alkanes of at least 4 members (excludes halogenated alkanes) is 2. The zero-order valence-corrected chi connectivity index (χ0v) is 17.7. The fourth-order valence-electron chi connectivity index (χ4n) is 3.01. The molecule has 1 aliphatic heterocycles. The summed E-state index contributed by atoms with van der Waals surface area (Å²) in [4.78, 5) is 15.0. The van der Waals surface area contributed by atoms with Crippen molar-refractivity contribution < 1.29 is 13.2 Å². The Morgan fingerprint density at radius 2 is 1.85 bits per heavy atom. The summed E-state index contributed by atoms with van der Waals surface area (Å²) in [5, 5.41) is 0. The molecule has 1 heterocycles. The Labute approximate surface area is 162 Å². The number of benzene rings is 1. The third-order valence-corrected chi connectivity index (χ3v) is 7.59. The van der Waals surface area contributed by atoms with E-state index in [9.17, 15) is 13.2 Å². The molecule has 146 valence electrons. The van der Waals surface area contributed by atoms with Gasteiger partial charge in [0.1, 0.15) is 0 Å². The zero-order valence-electron chi connectivity index (χ0n) is 16.0. The van der Waals surface area contributed by atoms with Crippen LogP contribution in [0.15, 0.2) is 28.0 Å². The maximum absolute atomic E-state index is 13.2. The minimum absolute atomic E-state index is 0.0443. The first-order valence-electron chi connectivity index (χ1n) is 9.47. The van der Waals surface area contributed by atoms with Crippen LogP contribution in [-0.2, 0) is 14.8 Å². The molecule has 1 aliphatic rings.